The molecule has 25 heavy (non-hydrogen) atoms. The van der Waals surface area contributed by atoms with Crippen LogP contribution in [0.25, 0.3) is 0 Å². The van der Waals surface area contributed by atoms with Gasteiger partial charge >= 0.3 is 6.36 Å². The fourth-order valence-electron chi connectivity index (χ4n) is 2.79. The molecular formula is C17H17F3O4S. The first-order chi connectivity index (χ1) is 11.7. The van der Waals surface area contributed by atoms with Crippen LogP contribution in [0, 0.1) is 11.8 Å². The molecule has 0 amide bonds. The number of ketones is 3. The Labute approximate surface area is 147 Å². The standard InChI is InChI=1S/C17H17F3O4S/c1-10(21)16-14(22)8-11(9-15(16)23)6-7-25-13-4-2-12(3-5-13)24-17(18,19)20/h2-5,11,16H,6-9H2,1H3. The van der Waals surface area contributed by atoms with Crippen molar-refractivity contribution in [3.05, 3.63) is 24.3 Å². The lowest BCUT2D eigenvalue weighted by molar-refractivity contribution is -0.274. The number of Topliss-reactive ketones (excluding diaryl/α,β-unsaturated/α-hetero) is 3. The quantitative estimate of drug-likeness (QED) is 0.560. The van der Waals surface area contributed by atoms with Crippen LogP contribution < -0.4 is 4.74 Å². The highest BCUT2D eigenvalue weighted by Crippen LogP contribution is 2.30. The van der Waals surface area contributed by atoms with E-state index in [9.17, 15) is 27.6 Å². The molecule has 0 radical (unpaired) electrons. The molecule has 0 heterocycles. The average molecular weight is 374 g/mol. The van der Waals surface area contributed by atoms with Gasteiger partial charge in [-0.3, -0.25) is 14.4 Å². The zero-order valence-electron chi connectivity index (χ0n) is 13.5. The lowest BCUT2D eigenvalue weighted by Gasteiger charge is -2.24. The zero-order valence-corrected chi connectivity index (χ0v) is 14.3. The van der Waals surface area contributed by atoms with E-state index in [0.29, 0.717) is 12.2 Å². The Kier molecular flexibility index (Phi) is 6.26. The zero-order chi connectivity index (χ0) is 18.6. The molecule has 1 fully saturated rings. The van der Waals surface area contributed by atoms with E-state index in [1.165, 1.54) is 43.0 Å². The van der Waals surface area contributed by atoms with E-state index in [0.717, 1.165) is 4.90 Å². The van der Waals surface area contributed by atoms with E-state index in [-0.39, 0.29) is 36.1 Å². The summed E-state index contributed by atoms with van der Waals surface area (Å²) in [5.74, 6) is -1.87. The Balaban J connectivity index is 1.80. The predicted molar refractivity (Wildman–Crippen MR) is 85.4 cm³/mol. The van der Waals surface area contributed by atoms with Gasteiger partial charge in [0, 0.05) is 17.7 Å². The third kappa shape index (κ3) is 5.88. The van der Waals surface area contributed by atoms with Crippen LogP contribution in [-0.4, -0.2) is 29.5 Å². The smallest absolute Gasteiger partial charge is 0.406 e. The number of thioether (sulfide) groups is 1. The molecule has 0 aliphatic heterocycles. The van der Waals surface area contributed by atoms with Crippen molar-refractivity contribution in [2.24, 2.45) is 11.8 Å². The van der Waals surface area contributed by atoms with E-state index < -0.39 is 18.1 Å². The fourth-order valence-corrected chi connectivity index (χ4v) is 3.81. The molecule has 1 saturated carbocycles. The summed E-state index contributed by atoms with van der Waals surface area (Å²) in [6.45, 7) is 1.25. The molecule has 8 heteroatoms. The Morgan fingerprint density at radius 2 is 1.72 bits per heavy atom. The number of rotatable bonds is 6. The number of carbonyl (C=O) groups is 3. The summed E-state index contributed by atoms with van der Waals surface area (Å²) in [5.41, 5.74) is 0. The van der Waals surface area contributed by atoms with Gasteiger partial charge in [-0.05, 0) is 49.3 Å². The third-order valence-electron chi connectivity index (χ3n) is 3.88. The molecule has 0 atom stereocenters. The molecule has 0 bridgehead atoms. The highest BCUT2D eigenvalue weighted by atomic mass is 32.2. The SMILES string of the molecule is CC(=O)C1C(=O)CC(CCSc2ccc(OC(F)(F)F)cc2)CC1=O. The summed E-state index contributed by atoms with van der Waals surface area (Å²) in [6, 6.07) is 5.52. The van der Waals surface area contributed by atoms with Crippen LogP contribution >= 0.6 is 11.8 Å². The highest BCUT2D eigenvalue weighted by Gasteiger charge is 2.37. The lowest BCUT2D eigenvalue weighted by atomic mass is 9.77. The Bertz CT molecular complexity index is 637. The van der Waals surface area contributed by atoms with Gasteiger partial charge in [0.1, 0.15) is 17.5 Å². The van der Waals surface area contributed by atoms with Crippen molar-refractivity contribution < 1.29 is 32.3 Å². The van der Waals surface area contributed by atoms with Gasteiger partial charge in [0.15, 0.2) is 11.6 Å². The molecule has 0 saturated heterocycles. The number of hydrogen-bond donors (Lipinski definition) is 0. The molecule has 2 rings (SSSR count). The molecule has 1 aromatic carbocycles. The van der Waals surface area contributed by atoms with Gasteiger partial charge in [-0.2, -0.15) is 0 Å². The van der Waals surface area contributed by atoms with Crippen LogP contribution in [0.1, 0.15) is 26.2 Å². The van der Waals surface area contributed by atoms with E-state index in [4.69, 9.17) is 0 Å². The van der Waals surface area contributed by atoms with Crippen LogP contribution in [0.3, 0.4) is 0 Å². The first kappa shape index (κ1) is 19.5. The van der Waals surface area contributed by atoms with Gasteiger partial charge in [0.05, 0.1) is 0 Å². The summed E-state index contributed by atoms with van der Waals surface area (Å²) >= 11 is 1.42. The molecule has 1 aliphatic rings. The number of benzene rings is 1. The summed E-state index contributed by atoms with van der Waals surface area (Å²) in [4.78, 5) is 35.9. The van der Waals surface area contributed by atoms with Crippen LogP contribution in [0.2, 0.25) is 0 Å². The molecular weight excluding hydrogens is 357 g/mol. The molecule has 1 aromatic rings. The largest absolute Gasteiger partial charge is 0.573 e. The minimum Gasteiger partial charge on any atom is -0.406 e. The number of carbonyl (C=O) groups excluding carboxylic acids is 3. The van der Waals surface area contributed by atoms with Crippen LogP contribution in [0.15, 0.2) is 29.2 Å². The van der Waals surface area contributed by atoms with Crippen LogP contribution in [0.4, 0.5) is 13.2 Å². The van der Waals surface area contributed by atoms with Crippen molar-refractivity contribution in [3.63, 3.8) is 0 Å². The van der Waals surface area contributed by atoms with Gasteiger partial charge in [-0.25, -0.2) is 0 Å². The highest BCUT2D eigenvalue weighted by molar-refractivity contribution is 7.99. The summed E-state index contributed by atoms with van der Waals surface area (Å²) in [6.07, 6.45) is -3.66. The minimum atomic E-state index is -4.72. The Morgan fingerprint density at radius 1 is 1.16 bits per heavy atom. The van der Waals surface area contributed by atoms with E-state index in [1.54, 1.807) is 0 Å². The van der Waals surface area contributed by atoms with E-state index in [2.05, 4.69) is 4.74 Å². The second-order valence-corrected chi connectivity index (χ2v) is 7.08. The second kappa shape index (κ2) is 8.03. The third-order valence-corrected chi connectivity index (χ3v) is 4.93. The number of hydrogen-bond acceptors (Lipinski definition) is 5. The van der Waals surface area contributed by atoms with E-state index >= 15 is 0 Å². The van der Waals surface area contributed by atoms with Crippen molar-refractivity contribution in [1.29, 1.82) is 0 Å². The molecule has 0 N–H and O–H groups in total. The van der Waals surface area contributed by atoms with Crippen LogP contribution in [-0.2, 0) is 14.4 Å². The van der Waals surface area contributed by atoms with Gasteiger partial charge in [-0.15, -0.1) is 24.9 Å². The predicted octanol–water partition coefficient (Wildman–Crippen LogP) is 3.82. The Hall–Kier alpha value is -1.83. The first-order valence-corrected chi connectivity index (χ1v) is 8.69. The first-order valence-electron chi connectivity index (χ1n) is 7.70. The Morgan fingerprint density at radius 3 is 2.20 bits per heavy atom. The van der Waals surface area contributed by atoms with Gasteiger partial charge in [0.25, 0.3) is 0 Å². The lowest BCUT2D eigenvalue weighted by Crippen LogP contribution is -2.37. The van der Waals surface area contributed by atoms with Crippen molar-refractivity contribution >= 4 is 29.1 Å². The molecule has 4 nitrogen and oxygen atoms in total. The van der Waals surface area contributed by atoms with Gasteiger partial charge in [-0.1, -0.05) is 0 Å². The van der Waals surface area contributed by atoms with Crippen molar-refractivity contribution in [1.82, 2.24) is 0 Å². The second-order valence-electron chi connectivity index (χ2n) is 5.91. The normalized spacial score (nSPS) is 21.3. The average Bonchev–Trinajstić information content (AvgIpc) is 2.46. The number of halogens is 3. The van der Waals surface area contributed by atoms with Crippen LogP contribution in [0.5, 0.6) is 5.75 Å². The molecule has 0 spiro atoms. The summed E-state index contributed by atoms with van der Waals surface area (Å²) in [5, 5.41) is 0. The maximum absolute atomic E-state index is 12.1. The summed E-state index contributed by atoms with van der Waals surface area (Å²) in [7, 11) is 0. The van der Waals surface area contributed by atoms with Crippen molar-refractivity contribution in [2.45, 2.75) is 37.4 Å². The van der Waals surface area contributed by atoms with Crippen molar-refractivity contribution in [2.75, 3.05) is 5.75 Å². The maximum Gasteiger partial charge on any atom is 0.573 e. The molecule has 1 aliphatic carbocycles. The molecule has 136 valence electrons. The van der Waals surface area contributed by atoms with Gasteiger partial charge in [0.2, 0.25) is 0 Å². The molecule has 0 aromatic heterocycles. The molecule has 0 unspecified atom stereocenters. The maximum atomic E-state index is 12.1. The van der Waals surface area contributed by atoms with E-state index in [1.807, 2.05) is 0 Å². The van der Waals surface area contributed by atoms with Gasteiger partial charge < -0.3 is 4.74 Å². The fraction of sp³-hybridized carbons (Fsp3) is 0.471. The minimum absolute atomic E-state index is 0.0871. The van der Waals surface area contributed by atoms with Crippen molar-refractivity contribution in [3.8, 4) is 5.75 Å². The topological polar surface area (TPSA) is 60.4 Å². The number of ether oxygens (including phenoxy) is 1. The summed E-state index contributed by atoms with van der Waals surface area (Å²) < 4.78 is 40.1. The monoisotopic (exact) mass is 374 g/mol. The number of alkyl halides is 3.